The van der Waals surface area contributed by atoms with Crippen molar-refractivity contribution in [3.63, 3.8) is 0 Å². The van der Waals surface area contributed by atoms with Crippen LogP contribution in [0.4, 0.5) is 4.39 Å². The lowest BCUT2D eigenvalue weighted by Gasteiger charge is -2.39. The Balaban J connectivity index is 1.90. The van der Waals surface area contributed by atoms with E-state index in [-0.39, 0.29) is 0 Å². The van der Waals surface area contributed by atoms with Gasteiger partial charge in [-0.1, -0.05) is 13.8 Å². The third-order valence-electron chi connectivity index (χ3n) is 4.64. The van der Waals surface area contributed by atoms with E-state index in [1.165, 1.54) is 12.8 Å². The standard InChI is InChI=1S/C11H18FN/c1-7(2)11-4-3-5-13(11)10-8(6-11)9(10)12/h7-10H,3-6H2,1-2H3. The second-order valence-corrected chi connectivity index (χ2v) is 5.36. The first kappa shape index (κ1) is 8.22. The number of fused-ring (bicyclic) bond motifs is 3. The van der Waals surface area contributed by atoms with Crippen molar-refractivity contribution in [2.24, 2.45) is 11.8 Å². The van der Waals surface area contributed by atoms with Crippen LogP contribution in [0.2, 0.25) is 0 Å². The van der Waals surface area contributed by atoms with Crippen molar-refractivity contribution in [2.75, 3.05) is 6.54 Å². The van der Waals surface area contributed by atoms with Gasteiger partial charge in [-0.2, -0.15) is 0 Å². The van der Waals surface area contributed by atoms with Crippen molar-refractivity contribution in [2.45, 2.75) is 50.9 Å². The summed E-state index contributed by atoms with van der Waals surface area (Å²) in [5, 5.41) is 0. The van der Waals surface area contributed by atoms with Gasteiger partial charge in [0.1, 0.15) is 6.17 Å². The highest BCUT2D eigenvalue weighted by atomic mass is 19.1. The van der Waals surface area contributed by atoms with Crippen molar-refractivity contribution in [3.8, 4) is 0 Å². The first-order valence-corrected chi connectivity index (χ1v) is 5.57. The van der Waals surface area contributed by atoms with Gasteiger partial charge < -0.3 is 0 Å². The van der Waals surface area contributed by atoms with E-state index in [2.05, 4.69) is 18.7 Å². The Bertz CT molecular complexity index is 240. The minimum atomic E-state index is -0.482. The summed E-state index contributed by atoms with van der Waals surface area (Å²) in [6, 6.07) is 0.324. The molecule has 1 aliphatic carbocycles. The fourth-order valence-corrected chi connectivity index (χ4v) is 3.80. The molecular weight excluding hydrogens is 165 g/mol. The van der Waals surface area contributed by atoms with E-state index in [0.29, 0.717) is 23.4 Å². The summed E-state index contributed by atoms with van der Waals surface area (Å²) >= 11 is 0. The highest BCUT2D eigenvalue weighted by Gasteiger charge is 2.68. The molecule has 2 aliphatic heterocycles. The van der Waals surface area contributed by atoms with Crippen LogP contribution >= 0.6 is 0 Å². The van der Waals surface area contributed by atoms with Gasteiger partial charge in [-0.05, 0) is 31.7 Å². The fourth-order valence-electron chi connectivity index (χ4n) is 3.80. The van der Waals surface area contributed by atoms with Crippen LogP contribution in [0.15, 0.2) is 0 Å². The van der Waals surface area contributed by atoms with E-state index >= 15 is 0 Å². The van der Waals surface area contributed by atoms with E-state index in [4.69, 9.17) is 0 Å². The Morgan fingerprint density at radius 1 is 1.46 bits per heavy atom. The maximum Gasteiger partial charge on any atom is 0.120 e. The molecule has 0 spiro atoms. The molecule has 1 saturated carbocycles. The predicted octanol–water partition coefficient (Wildman–Crippen LogP) is 2.22. The van der Waals surface area contributed by atoms with Crippen LogP contribution < -0.4 is 0 Å². The molecule has 0 N–H and O–H groups in total. The molecule has 0 aromatic heterocycles. The van der Waals surface area contributed by atoms with Gasteiger partial charge in [0.15, 0.2) is 0 Å². The molecule has 0 amide bonds. The van der Waals surface area contributed by atoms with Crippen LogP contribution in [-0.4, -0.2) is 29.2 Å². The van der Waals surface area contributed by atoms with Crippen molar-refractivity contribution in [1.82, 2.24) is 4.90 Å². The maximum absolute atomic E-state index is 13.3. The van der Waals surface area contributed by atoms with Crippen molar-refractivity contribution < 1.29 is 4.39 Å². The van der Waals surface area contributed by atoms with Crippen LogP contribution in [0.3, 0.4) is 0 Å². The zero-order chi connectivity index (χ0) is 9.22. The van der Waals surface area contributed by atoms with Gasteiger partial charge in [-0.15, -0.1) is 0 Å². The lowest BCUT2D eigenvalue weighted by molar-refractivity contribution is 0.0882. The summed E-state index contributed by atoms with van der Waals surface area (Å²) in [5.74, 6) is 1.11. The topological polar surface area (TPSA) is 3.24 Å². The molecular formula is C11H18FN. The third-order valence-corrected chi connectivity index (χ3v) is 4.64. The number of halogens is 1. The minimum Gasteiger partial charge on any atom is -0.291 e. The Morgan fingerprint density at radius 3 is 2.92 bits per heavy atom. The molecule has 2 heteroatoms. The highest BCUT2D eigenvalue weighted by molar-refractivity contribution is 5.21. The first-order valence-electron chi connectivity index (χ1n) is 5.57. The highest BCUT2D eigenvalue weighted by Crippen LogP contribution is 2.60. The molecule has 3 aliphatic rings. The fraction of sp³-hybridized carbons (Fsp3) is 1.00. The summed E-state index contributed by atoms with van der Waals surface area (Å²) in [7, 11) is 0. The second kappa shape index (κ2) is 2.28. The average Bonchev–Trinajstić information content (AvgIpc) is 2.50. The lowest BCUT2D eigenvalue weighted by atomic mass is 9.81. The minimum absolute atomic E-state index is 0.324. The largest absolute Gasteiger partial charge is 0.291 e. The van der Waals surface area contributed by atoms with Crippen LogP contribution in [0, 0.1) is 11.8 Å². The van der Waals surface area contributed by atoms with E-state index in [0.717, 1.165) is 13.0 Å². The van der Waals surface area contributed by atoms with Gasteiger partial charge in [-0.25, -0.2) is 4.39 Å². The van der Waals surface area contributed by atoms with Gasteiger partial charge in [0.2, 0.25) is 0 Å². The zero-order valence-corrected chi connectivity index (χ0v) is 8.46. The molecule has 4 atom stereocenters. The molecule has 0 bridgehead atoms. The van der Waals surface area contributed by atoms with Gasteiger partial charge in [-0.3, -0.25) is 4.90 Å². The van der Waals surface area contributed by atoms with Gasteiger partial charge in [0.25, 0.3) is 0 Å². The van der Waals surface area contributed by atoms with Crippen LogP contribution in [-0.2, 0) is 0 Å². The van der Waals surface area contributed by atoms with Crippen molar-refractivity contribution >= 4 is 0 Å². The average molecular weight is 183 g/mol. The molecule has 1 nitrogen and oxygen atoms in total. The molecule has 74 valence electrons. The Hall–Kier alpha value is -0.110. The summed E-state index contributed by atoms with van der Waals surface area (Å²) in [5.41, 5.74) is 0.401. The summed E-state index contributed by atoms with van der Waals surface area (Å²) in [6.07, 6.45) is 3.25. The number of piperidine rings is 1. The Morgan fingerprint density at radius 2 is 2.23 bits per heavy atom. The summed E-state index contributed by atoms with van der Waals surface area (Å²) in [6.45, 7) is 5.76. The van der Waals surface area contributed by atoms with Crippen molar-refractivity contribution in [1.29, 1.82) is 0 Å². The molecule has 4 unspecified atom stereocenters. The van der Waals surface area contributed by atoms with Gasteiger partial charge in [0, 0.05) is 17.5 Å². The molecule has 2 saturated heterocycles. The normalized spacial score (nSPS) is 54.0. The number of rotatable bonds is 1. The van der Waals surface area contributed by atoms with Gasteiger partial charge >= 0.3 is 0 Å². The quantitative estimate of drug-likeness (QED) is 0.602. The summed E-state index contributed by atoms with van der Waals surface area (Å²) < 4.78 is 13.3. The number of nitrogens with zero attached hydrogens (tertiary/aromatic N) is 1. The number of hydrogen-bond donors (Lipinski definition) is 0. The summed E-state index contributed by atoms with van der Waals surface area (Å²) in [4.78, 5) is 2.49. The van der Waals surface area contributed by atoms with E-state index in [1.807, 2.05) is 0 Å². The van der Waals surface area contributed by atoms with E-state index < -0.39 is 6.17 Å². The first-order chi connectivity index (χ1) is 6.17. The molecule has 3 rings (SSSR count). The van der Waals surface area contributed by atoms with Crippen LogP contribution in [0.25, 0.3) is 0 Å². The number of hydrogen-bond acceptors (Lipinski definition) is 1. The monoisotopic (exact) mass is 183 g/mol. The van der Waals surface area contributed by atoms with Crippen molar-refractivity contribution in [3.05, 3.63) is 0 Å². The van der Waals surface area contributed by atoms with Crippen LogP contribution in [0.5, 0.6) is 0 Å². The molecule has 3 fully saturated rings. The molecule has 2 heterocycles. The van der Waals surface area contributed by atoms with Crippen LogP contribution in [0.1, 0.15) is 33.1 Å². The predicted molar refractivity (Wildman–Crippen MR) is 50.3 cm³/mol. The number of alkyl halides is 1. The maximum atomic E-state index is 13.3. The third kappa shape index (κ3) is 0.810. The Labute approximate surface area is 79.3 Å². The van der Waals surface area contributed by atoms with E-state index in [1.54, 1.807) is 0 Å². The smallest absolute Gasteiger partial charge is 0.120 e. The second-order valence-electron chi connectivity index (χ2n) is 5.36. The molecule has 0 aromatic rings. The lowest BCUT2D eigenvalue weighted by Crippen LogP contribution is -2.46. The Kier molecular flexibility index (Phi) is 1.44. The molecule has 0 radical (unpaired) electrons. The van der Waals surface area contributed by atoms with Gasteiger partial charge in [0.05, 0.1) is 0 Å². The molecule has 13 heavy (non-hydrogen) atoms. The molecule has 0 aromatic carbocycles. The van der Waals surface area contributed by atoms with E-state index in [9.17, 15) is 4.39 Å². The zero-order valence-electron chi connectivity index (χ0n) is 8.46. The SMILES string of the molecule is CC(C)C12CCCN1C1C(F)C1C2.